The van der Waals surface area contributed by atoms with Gasteiger partial charge in [0.15, 0.2) is 12.2 Å². The van der Waals surface area contributed by atoms with Crippen LogP contribution in [0.4, 0.5) is 0 Å². The van der Waals surface area contributed by atoms with Crippen LogP contribution in [0.1, 0.15) is 427 Å². The summed E-state index contributed by atoms with van der Waals surface area (Å²) in [5, 5.41) is 10.7. The van der Waals surface area contributed by atoms with Crippen LogP contribution in [0.15, 0.2) is 0 Å². The number of unbranched alkanes of at least 4 members (excludes halogenated alkanes) is 47. The SMILES string of the molecule is CCCCCCCCCCCCCCCCCCCCC(=O)O[C@H](COC(=O)CCCCCCCCCCCCCCCC(C)C)COP(=O)(O)OC[C@@H](O)COP(=O)(O)OC[C@@H](COC(=O)CCCCCCCCCCCCC(C)C)OC(=O)CCCCCCCCCCCCC(C)CC. The Morgan fingerprint density at radius 1 is 0.287 bits per heavy atom. The third-order valence-corrected chi connectivity index (χ3v) is 21.4. The fourth-order valence-electron chi connectivity index (χ4n) is 12.6. The second-order valence-electron chi connectivity index (χ2n) is 30.7. The summed E-state index contributed by atoms with van der Waals surface area (Å²) in [5.41, 5.74) is 0. The van der Waals surface area contributed by atoms with E-state index in [0.29, 0.717) is 25.7 Å². The maximum Gasteiger partial charge on any atom is 0.472 e. The van der Waals surface area contributed by atoms with Crippen LogP contribution in [-0.4, -0.2) is 96.7 Å². The molecule has 0 spiro atoms. The molecule has 0 aliphatic carbocycles. The number of phosphoric acid groups is 2. The van der Waals surface area contributed by atoms with Gasteiger partial charge in [-0.3, -0.25) is 37.3 Å². The van der Waals surface area contributed by atoms with E-state index in [9.17, 15) is 43.2 Å². The number of carbonyl (C=O) groups excluding carboxylic acids is 4. The van der Waals surface area contributed by atoms with Gasteiger partial charge in [0.2, 0.25) is 0 Å². The Labute approximate surface area is 619 Å². The highest BCUT2D eigenvalue weighted by molar-refractivity contribution is 7.47. The largest absolute Gasteiger partial charge is 0.472 e. The zero-order chi connectivity index (χ0) is 74.4. The van der Waals surface area contributed by atoms with Crippen LogP contribution >= 0.6 is 15.6 Å². The zero-order valence-corrected chi connectivity index (χ0v) is 68.2. The van der Waals surface area contributed by atoms with Gasteiger partial charge in [0, 0.05) is 25.7 Å². The van der Waals surface area contributed by atoms with Gasteiger partial charge in [0.25, 0.3) is 0 Å². The summed E-state index contributed by atoms with van der Waals surface area (Å²) in [6.45, 7) is 12.0. The Hall–Kier alpha value is -1.94. The molecule has 0 bridgehead atoms. The maximum atomic E-state index is 13.1. The smallest absolute Gasteiger partial charge is 0.462 e. The first-order chi connectivity index (χ1) is 48.8. The van der Waals surface area contributed by atoms with Crippen molar-refractivity contribution >= 4 is 39.5 Å². The Balaban J connectivity index is 5.27. The fraction of sp³-hybridized carbons (Fsp3) is 0.951. The van der Waals surface area contributed by atoms with Crippen molar-refractivity contribution in [3.05, 3.63) is 0 Å². The van der Waals surface area contributed by atoms with Gasteiger partial charge in [-0.25, -0.2) is 9.13 Å². The second kappa shape index (κ2) is 72.3. The van der Waals surface area contributed by atoms with Crippen LogP contribution in [0.2, 0.25) is 0 Å². The van der Waals surface area contributed by atoms with Gasteiger partial charge in [-0.1, -0.05) is 376 Å². The molecule has 3 N–H and O–H groups in total. The molecule has 0 saturated carbocycles. The Kier molecular flexibility index (Phi) is 70.9. The molecule has 0 aliphatic rings. The quantitative estimate of drug-likeness (QED) is 0.0222. The molecule has 19 heteroatoms. The summed E-state index contributed by atoms with van der Waals surface area (Å²) in [6, 6.07) is 0. The van der Waals surface area contributed by atoms with E-state index in [0.717, 1.165) is 108 Å². The van der Waals surface area contributed by atoms with Crippen LogP contribution in [-0.2, 0) is 65.4 Å². The molecule has 0 aromatic heterocycles. The van der Waals surface area contributed by atoms with Crippen molar-refractivity contribution in [3.63, 3.8) is 0 Å². The molecule has 0 heterocycles. The average Bonchev–Trinajstić information content (AvgIpc) is 0.919. The zero-order valence-electron chi connectivity index (χ0n) is 66.4. The van der Waals surface area contributed by atoms with Crippen LogP contribution < -0.4 is 0 Å². The minimum absolute atomic E-state index is 0.106. The number of aliphatic hydroxyl groups excluding tert-OH is 1. The summed E-state index contributed by atoms with van der Waals surface area (Å²) < 4.78 is 68.8. The van der Waals surface area contributed by atoms with Gasteiger partial charge >= 0.3 is 39.5 Å². The van der Waals surface area contributed by atoms with E-state index < -0.39 is 97.5 Å². The Bertz CT molecular complexity index is 1960. The van der Waals surface area contributed by atoms with E-state index in [1.54, 1.807) is 0 Å². The van der Waals surface area contributed by atoms with E-state index >= 15 is 0 Å². The topological polar surface area (TPSA) is 237 Å². The third-order valence-electron chi connectivity index (χ3n) is 19.5. The summed E-state index contributed by atoms with van der Waals surface area (Å²) in [6.07, 6.45) is 60.9. The molecule has 0 fully saturated rings. The van der Waals surface area contributed by atoms with Gasteiger partial charge < -0.3 is 33.8 Å². The van der Waals surface area contributed by atoms with Gasteiger partial charge in [0.1, 0.15) is 19.3 Å². The van der Waals surface area contributed by atoms with Gasteiger partial charge in [-0.15, -0.1) is 0 Å². The summed E-state index contributed by atoms with van der Waals surface area (Å²) in [5.74, 6) is 0.244. The highest BCUT2D eigenvalue weighted by Crippen LogP contribution is 2.45. The first-order valence-corrected chi connectivity index (χ1v) is 45.4. The molecule has 0 aromatic carbocycles. The minimum atomic E-state index is -4.96. The number of phosphoric ester groups is 2. The van der Waals surface area contributed by atoms with Crippen molar-refractivity contribution < 1.29 is 80.2 Å². The molecule has 17 nitrogen and oxygen atoms in total. The summed E-state index contributed by atoms with van der Waals surface area (Å²) >= 11 is 0. The molecule has 6 atom stereocenters. The van der Waals surface area contributed by atoms with Crippen molar-refractivity contribution in [1.82, 2.24) is 0 Å². The lowest BCUT2D eigenvalue weighted by Gasteiger charge is -2.21. The lowest BCUT2D eigenvalue weighted by Crippen LogP contribution is -2.30. The fourth-order valence-corrected chi connectivity index (χ4v) is 14.2. The lowest BCUT2D eigenvalue weighted by molar-refractivity contribution is -0.161. The van der Waals surface area contributed by atoms with Crippen LogP contribution in [0.25, 0.3) is 0 Å². The molecule has 0 radical (unpaired) electrons. The molecule has 3 unspecified atom stereocenters. The molecular weight excluding hydrogens is 1320 g/mol. The monoisotopic (exact) mass is 1480 g/mol. The first kappa shape index (κ1) is 99.1. The van der Waals surface area contributed by atoms with Gasteiger partial charge in [-0.2, -0.15) is 0 Å². The highest BCUT2D eigenvalue weighted by Gasteiger charge is 2.30. The number of esters is 4. The Morgan fingerprint density at radius 2 is 0.505 bits per heavy atom. The Morgan fingerprint density at radius 3 is 0.752 bits per heavy atom. The first-order valence-electron chi connectivity index (χ1n) is 42.4. The number of carbonyl (C=O) groups is 4. The number of ether oxygens (including phenoxy) is 4. The average molecular weight is 1480 g/mol. The highest BCUT2D eigenvalue weighted by atomic mass is 31.2. The maximum absolute atomic E-state index is 13.1. The number of hydrogen-bond acceptors (Lipinski definition) is 15. The van der Waals surface area contributed by atoms with E-state index in [-0.39, 0.29) is 25.7 Å². The molecular formula is C82H160O17P2. The van der Waals surface area contributed by atoms with E-state index in [2.05, 4.69) is 48.5 Å². The van der Waals surface area contributed by atoms with Crippen LogP contribution in [0, 0.1) is 17.8 Å². The van der Waals surface area contributed by atoms with Crippen LogP contribution in [0.5, 0.6) is 0 Å². The molecule has 0 saturated heterocycles. The number of hydrogen-bond donors (Lipinski definition) is 3. The molecule has 0 rings (SSSR count). The summed E-state index contributed by atoms with van der Waals surface area (Å²) in [7, 11) is -9.92. The number of aliphatic hydroxyl groups is 1. The second-order valence-corrected chi connectivity index (χ2v) is 33.6. The number of rotatable bonds is 80. The minimum Gasteiger partial charge on any atom is -0.462 e. The van der Waals surface area contributed by atoms with Crippen LogP contribution in [0.3, 0.4) is 0 Å². The molecule has 0 aliphatic heterocycles. The van der Waals surface area contributed by atoms with Gasteiger partial charge in [-0.05, 0) is 43.4 Å². The predicted molar refractivity (Wildman–Crippen MR) is 414 cm³/mol. The molecule has 101 heavy (non-hydrogen) atoms. The van der Waals surface area contributed by atoms with Crippen molar-refractivity contribution in [2.24, 2.45) is 17.8 Å². The standard InChI is InChI=1S/C82H160O17P2/c1-8-10-11-12-13-14-15-16-17-18-19-20-23-27-37-44-51-58-65-81(86)98-77(69-92-79(84)63-56-49-42-35-26-24-21-22-25-32-39-46-53-60-73(3)4)71-96-100(88,89)94-67-76(83)68-95-101(90,91)97-72-78(70-93-80(85)64-57-50-43-36-30-28-33-40-47-54-61-74(5)6)99-82(87)66-59-52-45-38-31-29-34-41-48-55-62-75(7)9-2/h73-78,83H,8-72H2,1-7H3,(H,88,89)(H,90,91)/t75?,76-,77-,78-/m1/s1. The van der Waals surface area contributed by atoms with Crippen molar-refractivity contribution in [2.45, 2.75) is 446 Å². The van der Waals surface area contributed by atoms with Crippen molar-refractivity contribution in [2.75, 3.05) is 39.6 Å². The molecule has 600 valence electrons. The third kappa shape index (κ3) is 74.7. The normalized spacial score (nSPS) is 14.2. The molecule has 0 aromatic rings. The van der Waals surface area contributed by atoms with E-state index in [4.69, 9.17) is 37.0 Å². The predicted octanol–water partition coefficient (Wildman–Crippen LogP) is 24.5. The van der Waals surface area contributed by atoms with Crippen molar-refractivity contribution in [1.29, 1.82) is 0 Å². The summed E-state index contributed by atoms with van der Waals surface area (Å²) in [4.78, 5) is 73.1. The van der Waals surface area contributed by atoms with Crippen molar-refractivity contribution in [3.8, 4) is 0 Å². The van der Waals surface area contributed by atoms with E-state index in [1.165, 1.54) is 238 Å². The van der Waals surface area contributed by atoms with E-state index in [1.807, 2.05) is 0 Å². The van der Waals surface area contributed by atoms with Gasteiger partial charge in [0.05, 0.1) is 26.4 Å². The molecule has 0 amide bonds. The lowest BCUT2D eigenvalue weighted by atomic mass is 9.99.